The van der Waals surface area contributed by atoms with Gasteiger partial charge in [-0.15, -0.1) is 0 Å². The molecule has 17 heavy (non-hydrogen) atoms. The molecule has 0 saturated carbocycles. The molecule has 0 bridgehead atoms. The van der Waals surface area contributed by atoms with Crippen molar-refractivity contribution < 1.29 is 8.78 Å². The first-order valence-corrected chi connectivity index (χ1v) is 5.92. The summed E-state index contributed by atoms with van der Waals surface area (Å²) in [5.74, 6) is 0. The number of aromatic nitrogens is 1. The van der Waals surface area contributed by atoms with Crippen molar-refractivity contribution in [2.24, 2.45) is 0 Å². The minimum atomic E-state index is -2.47. The summed E-state index contributed by atoms with van der Waals surface area (Å²) in [6.45, 7) is 5.15. The Morgan fingerprint density at radius 2 is 2.06 bits per heavy atom. The van der Waals surface area contributed by atoms with Crippen LogP contribution in [0.3, 0.4) is 0 Å². The fourth-order valence-corrected chi connectivity index (χ4v) is 1.93. The van der Waals surface area contributed by atoms with Crippen molar-refractivity contribution in [2.75, 3.05) is 32.7 Å². The largest absolute Gasteiger partial charge is 0.314 e. The quantitative estimate of drug-likeness (QED) is 0.865. The summed E-state index contributed by atoms with van der Waals surface area (Å²) in [5.41, 5.74) is 0.879. The Hall–Kier alpha value is -1.07. The van der Waals surface area contributed by atoms with Gasteiger partial charge in [0.2, 0.25) is 0 Å². The van der Waals surface area contributed by atoms with Crippen LogP contribution in [0.25, 0.3) is 0 Å². The van der Waals surface area contributed by atoms with E-state index in [1.165, 1.54) is 6.07 Å². The number of hydrogen-bond acceptors (Lipinski definition) is 3. The highest BCUT2D eigenvalue weighted by atomic mass is 19.3. The van der Waals surface area contributed by atoms with Crippen molar-refractivity contribution >= 4 is 0 Å². The molecule has 1 aliphatic rings. The maximum absolute atomic E-state index is 12.3. The van der Waals surface area contributed by atoms with Gasteiger partial charge in [0, 0.05) is 38.9 Å². The van der Waals surface area contributed by atoms with Gasteiger partial charge >= 0.3 is 0 Å². The summed E-state index contributed by atoms with van der Waals surface area (Å²) < 4.78 is 24.6. The Kier molecular flexibility index (Phi) is 4.39. The second kappa shape index (κ2) is 6.02. The smallest absolute Gasteiger partial charge is 0.280 e. The highest BCUT2D eigenvalue weighted by molar-refractivity contribution is 5.15. The van der Waals surface area contributed by atoms with Crippen LogP contribution in [-0.2, 0) is 6.42 Å². The number of halogens is 2. The zero-order valence-electron chi connectivity index (χ0n) is 9.70. The van der Waals surface area contributed by atoms with E-state index in [9.17, 15) is 8.78 Å². The molecule has 1 N–H and O–H groups in total. The molecule has 94 valence electrons. The van der Waals surface area contributed by atoms with Gasteiger partial charge in [0.15, 0.2) is 0 Å². The maximum Gasteiger partial charge on any atom is 0.280 e. The number of pyridine rings is 1. The van der Waals surface area contributed by atoms with Crippen LogP contribution in [-0.4, -0.2) is 42.6 Å². The Balaban J connectivity index is 1.82. The number of piperazine rings is 1. The predicted octanol–water partition coefficient (Wildman–Crippen LogP) is 1.47. The molecular weight excluding hydrogens is 224 g/mol. The lowest BCUT2D eigenvalue weighted by Crippen LogP contribution is -2.44. The second-order valence-electron chi connectivity index (χ2n) is 4.23. The molecule has 3 nitrogen and oxygen atoms in total. The molecule has 1 aliphatic heterocycles. The molecule has 0 unspecified atom stereocenters. The van der Waals surface area contributed by atoms with Crippen LogP contribution in [0.1, 0.15) is 17.7 Å². The van der Waals surface area contributed by atoms with Crippen molar-refractivity contribution in [1.82, 2.24) is 15.2 Å². The Labute approximate surface area is 99.8 Å². The average molecular weight is 241 g/mol. The van der Waals surface area contributed by atoms with Crippen LogP contribution in [0.2, 0.25) is 0 Å². The molecule has 2 heterocycles. The van der Waals surface area contributed by atoms with Crippen molar-refractivity contribution in [3.05, 3.63) is 29.6 Å². The van der Waals surface area contributed by atoms with Crippen LogP contribution in [0.15, 0.2) is 18.3 Å². The molecule has 0 amide bonds. The lowest BCUT2D eigenvalue weighted by atomic mass is 10.2. The first-order valence-electron chi connectivity index (χ1n) is 5.92. The number of nitrogens with one attached hydrogen (secondary N) is 1. The Morgan fingerprint density at radius 1 is 1.29 bits per heavy atom. The summed E-state index contributed by atoms with van der Waals surface area (Å²) in [6.07, 6.45) is -0.0440. The van der Waals surface area contributed by atoms with Gasteiger partial charge in [0.1, 0.15) is 5.69 Å². The fourth-order valence-electron chi connectivity index (χ4n) is 1.93. The summed E-state index contributed by atoms with van der Waals surface area (Å²) in [7, 11) is 0. The molecule has 0 aromatic carbocycles. The van der Waals surface area contributed by atoms with Gasteiger partial charge in [-0.1, -0.05) is 6.07 Å². The first-order chi connectivity index (χ1) is 8.25. The van der Waals surface area contributed by atoms with Gasteiger partial charge in [-0.25, -0.2) is 8.78 Å². The molecule has 0 atom stereocenters. The third-order valence-corrected chi connectivity index (χ3v) is 3.00. The number of rotatable bonds is 4. The molecule has 0 radical (unpaired) electrons. The molecule has 1 fully saturated rings. The highest BCUT2D eigenvalue weighted by Crippen LogP contribution is 2.15. The SMILES string of the molecule is FC(F)c1ccc(CCN2CCNCC2)cn1. The van der Waals surface area contributed by atoms with Crippen LogP contribution in [0, 0.1) is 0 Å². The third kappa shape index (κ3) is 3.71. The van der Waals surface area contributed by atoms with E-state index in [2.05, 4.69) is 15.2 Å². The van der Waals surface area contributed by atoms with E-state index in [0.29, 0.717) is 0 Å². The van der Waals surface area contributed by atoms with Gasteiger partial charge in [0.25, 0.3) is 6.43 Å². The third-order valence-electron chi connectivity index (χ3n) is 3.00. The molecule has 0 aliphatic carbocycles. The van der Waals surface area contributed by atoms with Crippen molar-refractivity contribution in [2.45, 2.75) is 12.8 Å². The standard InChI is InChI=1S/C12H17F2N3/c13-12(14)11-2-1-10(9-16-11)3-6-17-7-4-15-5-8-17/h1-2,9,12,15H,3-8H2. The van der Waals surface area contributed by atoms with Crippen molar-refractivity contribution in [1.29, 1.82) is 0 Å². The van der Waals surface area contributed by atoms with Crippen LogP contribution >= 0.6 is 0 Å². The summed E-state index contributed by atoms with van der Waals surface area (Å²) in [6, 6.07) is 3.16. The zero-order chi connectivity index (χ0) is 12.1. The Morgan fingerprint density at radius 3 is 2.65 bits per heavy atom. The van der Waals surface area contributed by atoms with Crippen LogP contribution < -0.4 is 5.32 Å². The van der Waals surface area contributed by atoms with E-state index in [0.717, 1.165) is 44.7 Å². The average Bonchev–Trinajstić information content (AvgIpc) is 2.38. The van der Waals surface area contributed by atoms with E-state index in [-0.39, 0.29) is 5.69 Å². The minimum absolute atomic E-state index is 0.143. The normalized spacial score (nSPS) is 17.6. The molecule has 2 rings (SSSR count). The molecule has 1 aromatic heterocycles. The molecule has 1 aromatic rings. The van der Waals surface area contributed by atoms with Gasteiger partial charge in [-0.05, 0) is 18.1 Å². The number of alkyl halides is 2. The van der Waals surface area contributed by atoms with E-state index >= 15 is 0 Å². The highest BCUT2D eigenvalue weighted by Gasteiger charge is 2.10. The maximum atomic E-state index is 12.3. The monoisotopic (exact) mass is 241 g/mol. The second-order valence-corrected chi connectivity index (χ2v) is 4.23. The van der Waals surface area contributed by atoms with E-state index < -0.39 is 6.43 Å². The molecule has 0 spiro atoms. The molecule has 5 heteroatoms. The van der Waals surface area contributed by atoms with Crippen molar-refractivity contribution in [3.8, 4) is 0 Å². The van der Waals surface area contributed by atoms with E-state index in [4.69, 9.17) is 0 Å². The van der Waals surface area contributed by atoms with Gasteiger partial charge < -0.3 is 10.2 Å². The van der Waals surface area contributed by atoms with Crippen LogP contribution in [0.4, 0.5) is 8.78 Å². The molecule has 1 saturated heterocycles. The van der Waals surface area contributed by atoms with Crippen LogP contribution in [0.5, 0.6) is 0 Å². The van der Waals surface area contributed by atoms with E-state index in [1.54, 1.807) is 12.3 Å². The molecular formula is C12H17F2N3. The summed E-state index contributed by atoms with van der Waals surface area (Å²) >= 11 is 0. The van der Waals surface area contributed by atoms with Gasteiger partial charge in [-0.2, -0.15) is 0 Å². The topological polar surface area (TPSA) is 28.2 Å². The predicted molar refractivity (Wildman–Crippen MR) is 62.2 cm³/mol. The minimum Gasteiger partial charge on any atom is -0.314 e. The summed E-state index contributed by atoms with van der Waals surface area (Å²) in [5, 5.41) is 3.30. The lowest BCUT2D eigenvalue weighted by Gasteiger charge is -2.27. The Bertz CT molecular complexity index is 334. The first kappa shape index (κ1) is 12.4. The fraction of sp³-hybridized carbons (Fsp3) is 0.583. The van der Waals surface area contributed by atoms with Gasteiger partial charge in [-0.3, -0.25) is 4.98 Å². The summed E-state index contributed by atoms with van der Waals surface area (Å²) in [4.78, 5) is 6.13. The number of hydrogen-bond donors (Lipinski definition) is 1. The number of nitrogens with zero attached hydrogens (tertiary/aromatic N) is 2. The lowest BCUT2D eigenvalue weighted by molar-refractivity contribution is 0.146. The van der Waals surface area contributed by atoms with Crippen molar-refractivity contribution in [3.63, 3.8) is 0 Å². The van der Waals surface area contributed by atoms with Gasteiger partial charge in [0.05, 0.1) is 0 Å². The zero-order valence-corrected chi connectivity index (χ0v) is 9.70. The van der Waals surface area contributed by atoms with E-state index in [1.807, 2.05) is 0 Å².